The third kappa shape index (κ3) is 6.33. The number of hydrogen-bond acceptors (Lipinski definition) is 7. The van der Waals surface area contributed by atoms with Gasteiger partial charge >= 0.3 is 6.18 Å². The largest absolute Gasteiger partial charge is 0.507 e. The van der Waals surface area contributed by atoms with E-state index in [0.717, 1.165) is 23.4 Å². The number of phenols is 1. The lowest BCUT2D eigenvalue weighted by molar-refractivity contribution is -0.138. The van der Waals surface area contributed by atoms with Crippen molar-refractivity contribution < 1.29 is 27.9 Å². The fourth-order valence-electron chi connectivity index (χ4n) is 5.61. The van der Waals surface area contributed by atoms with E-state index in [1.807, 2.05) is 41.0 Å². The molecule has 0 aliphatic carbocycles. The number of alkyl halides is 3. The van der Waals surface area contributed by atoms with Crippen molar-refractivity contribution in [3.63, 3.8) is 0 Å². The van der Waals surface area contributed by atoms with Crippen LogP contribution < -0.4 is 10.2 Å². The Kier molecular flexibility index (Phi) is 8.35. The van der Waals surface area contributed by atoms with Gasteiger partial charge in [0.2, 0.25) is 11.8 Å². The number of carbonyl (C=O) groups excluding carboxylic acids is 2. The number of benzene rings is 2. The first-order chi connectivity index (χ1) is 20.1. The minimum Gasteiger partial charge on any atom is -0.507 e. The quantitative estimate of drug-likeness (QED) is 0.402. The Bertz CT molecular complexity index is 1410. The first-order valence-electron chi connectivity index (χ1n) is 13.9. The van der Waals surface area contributed by atoms with E-state index in [9.17, 15) is 27.9 Å². The molecule has 1 aromatic heterocycles. The number of rotatable bonds is 7. The van der Waals surface area contributed by atoms with Gasteiger partial charge in [-0.2, -0.15) is 13.2 Å². The van der Waals surface area contributed by atoms with E-state index in [2.05, 4.69) is 20.2 Å². The average Bonchev–Trinajstić information content (AvgIpc) is 3.42. The summed E-state index contributed by atoms with van der Waals surface area (Å²) in [7, 11) is 0. The number of hydrogen-bond donors (Lipinski definition) is 2. The number of nitrogens with one attached hydrogen (secondary N) is 1. The molecular weight excluding hydrogens is 549 g/mol. The third-order valence-electron chi connectivity index (χ3n) is 8.20. The van der Waals surface area contributed by atoms with Gasteiger partial charge < -0.3 is 20.2 Å². The van der Waals surface area contributed by atoms with Crippen LogP contribution in [0.4, 0.5) is 24.5 Å². The topological polar surface area (TPSA) is 102 Å². The molecule has 2 aliphatic heterocycles. The summed E-state index contributed by atoms with van der Waals surface area (Å²) in [6.45, 7) is 5.47. The number of likely N-dealkylation sites (tertiary alicyclic amines) is 1. The molecular formula is C30H33F3N6O3. The zero-order chi connectivity index (χ0) is 29.9. The van der Waals surface area contributed by atoms with Crippen LogP contribution in [0.15, 0.2) is 60.9 Å². The summed E-state index contributed by atoms with van der Waals surface area (Å²) in [4.78, 5) is 40.9. The predicted octanol–water partition coefficient (Wildman–Crippen LogP) is 4.26. The van der Waals surface area contributed by atoms with Gasteiger partial charge in [-0.25, -0.2) is 9.97 Å². The zero-order valence-electron chi connectivity index (χ0n) is 23.3. The number of carbonyl (C=O) groups is 2. The van der Waals surface area contributed by atoms with Gasteiger partial charge in [0.25, 0.3) is 0 Å². The van der Waals surface area contributed by atoms with E-state index in [-0.39, 0.29) is 18.1 Å². The lowest BCUT2D eigenvalue weighted by Crippen LogP contribution is -2.51. The standard InChI is InChI=1S/C30H33F3N6O3/c1-2-29(28(42)36-22-6-9-25(40)24(18-22)30(31,32)33)10-13-37(20-29)19-26(41)39-16-14-38(15-17-39)23-7-4-21(5-8-23)27-34-11-3-12-35-27/h3-9,11-12,18,40H,2,10,13-17,19-20H2,1H3,(H,36,42). The predicted molar refractivity (Wildman–Crippen MR) is 152 cm³/mol. The molecule has 5 rings (SSSR count). The van der Waals surface area contributed by atoms with Crippen molar-refractivity contribution in [3.8, 4) is 17.1 Å². The van der Waals surface area contributed by atoms with Crippen molar-refractivity contribution in [2.24, 2.45) is 5.41 Å². The van der Waals surface area contributed by atoms with E-state index in [1.54, 1.807) is 18.5 Å². The second-order valence-corrected chi connectivity index (χ2v) is 10.8. The highest BCUT2D eigenvalue weighted by Gasteiger charge is 2.44. The molecule has 9 nitrogen and oxygen atoms in total. The second-order valence-electron chi connectivity index (χ2n) is 10.8. The Morgan fingerprint density at radius 3 is 2.33 bits per heavy atom. The molecule has 3 aromatic rings. The van der Waals surface area contributed by atoms with Crippen LogP contribution in [0.3, 0.4) is 0 Å². The zero-order valence-corrected chi connectivity index (χ0v) is 23.3. The third-order valence-corrected chi connectivity index (χ3v) is 8.20. The van der Waals surface area contributed by atoms with Gasteiger partial charge in [0, 0.05) is 62.1 Å². The molecule has 42 heavy (non-hydrogen) atoms. The number of anilines is 2. The van der Waals surface area contributed by atoms with Crippen molar-refractivity contribution in [2.45, 2.75) is 25.9 Å². The van der Waals surface area contributed by atoms with Crippen LogP contribution >= 0.6 is 0 Å². The normalized spacial score (nSPS) is 19.6. The molecule has 0 radical (unpaired) electrons. The van der Waals surface area contributed by atoms with Crippen LogP contribution in [0.25, 0.3) is 11.4 Å². The van der Waals surface area contributed by atoms with Crippen LogP contribution in [0.1, 0.15) is 25.3 Å². The summed E-state index contributed by atoms with van der Waals surface area (Å²) in [5.74, 6) is -0.626. The van der Waals surface area contributed by atoms with Crippen LogP contribution in [-0.2, 0) is 15.8 Å². The Hall–Kier alpha value is -4.19. The van der Waals surface area contributed by atoms with Gasteiger partial charge in [0.05, 0.1) is 17.5 Å². The fraction of sp³-hybridized carbons (Fsp3) is 0.400. The molecule has 2 saturated heterocycles. The number of aromatic hydroxyl groups is 1. The highest BCUT2D eigenvalue weighted by molar-refractivity contribution is 5.96. The minimum absolute atomic E-state index is 0.00751. The summed E-state index contributed by atoms with van der Waals surface area (Å²) >= 11 is 0. The van der Waals surface area contributed by atoms with Gasteiger partial charge in [0.1, 0.15) is 5.75 Å². The second kappa shape index (κ2) is 12.0. The molecule has 12 heteroatoms. The lowest BCUT2D eigenvalue weighted by Gasteiger charge is -2.37. The van der Waals surface area contributed by atoms with E-state index in [4.69, 9.17) is 0 Å². The van der Waals surface area contributed by atoms with Crippen LogP contribution in [-0.4, -0.2) is 82.5 Å². The molecule has 0 spiro atoms. The van der Waals surface area contributed by atoms with Crippen molar-refractivity contribution in [2.75, 3.05) is 56.0 Å². The Balaban J connectivity index is 1.13. The van der Waals surface area contributed by atoms with Gasteiger partial charge in [-0.3, -0.25) is 14.5 Å². The molecule has 0 saturated carbocycles. The van der Waals surface area contributed by atoms with E-state index in [0.29, 0.717) is 57.9 Å². The molecule has 2 aromatic carbocycles. The van der Waals surface area contributed by atoms with Crippen LogP contribution in [0.2, 0.25) is 0 Å². The summed E-state index contributed by atoms with van der Waals surface area (Å²) in [6.07, 6.45) is -0.364. The highest BCUT2D eigenvalue weighted by atomic mass is 19.4. The summed E-state index contributed by atoms with van der Waals surface area (Å²) in [5, 5.41) is 12.2. The average molecular weight is 583 g/mol. The molecule has 2 fully saturated rings. The summed E-state index contributed by atoms with van der Waals surface area (Å²) < 4.78 is 39.6. The first kappa shape index (κ1) is 29.3. The number of aromatic nitrogens is 2. The molecule has 1 atom stereocenters. The number of phenolic OH excluding ortho intramolecular Hbond substituents is 1. The van der Waals surface area contributed by atoms with Crippen molar-refractivity contribution in [3.05, 3.63) is 66.5 Å². The van der Waals surface area contributed by atoms with E-state index in [1.165, 1.54) is 6.07 Å². The molecule has 2 N–H and O–H groups in total. The number of amides is 2. The monoisotopic (exact) mass is 582 g/mol. The van der Waals surface area contributed by atoms with E-state index >= 15 is 0 Å². The maximum Gasteiger partial charge on any atom is 0.420 e. The Labute approximate surface area is 242 Å². The van der Waals surface area contributed by atoms with Gasteiger partial charge in [-0.15, -0.1) is 0 Å². The van der Waals surface area contributed by atoms with Crippen LogP contribution in [0, 0.1) is 5.41 Å². The van der Waals surface area contributed by atoms with Crippen molar-refractivity contribution in [1.29, 1.82) is 0 Å². The summed E-state index contributed by atoms with van der Waals surface area (Å²) in [6, 6.07) is 12.7. The van der Waals surface area contributed by atoms with Gasteiger partial charge in [-0.05, 0) is 67.9 Å². The van der Waals surface area contributed by atoms with Crippen molar-refractivity contribution >= 4 is 23.2 Å². The van der Waals surface area contributed by atoms with E-state index < -0.39 is 28.8 Å². The maximum atomic E-state index is 13.2. The number of nitrogens with zero attached hydrogens (tertiary/aromatic N) is 5. The maximum absolute atomic E-state index is 13.2. The fourth-order valence-corrected chi connectivity index (χ4v) is 5.61. The molecule has 3 heterocycles. The van der Waals surface area contributed by atoms with Crippen molar-refractivity contribution in [1.82, 2.24) is 19.8 Å². The number of halogens is 3. The van der Waals surface area contributed by atoms with Gasteiger partial charge in [-0.1, -0.05) is 6.92 Å². The molecule has 2 aliphatic rings. The number of piperazine rings is 1. The first-order valence-corrected chi connectivity index (χ1v) is 13.9. The Morgan fingerprint density at radius 1 is 1.00 bits per heavy atom. The summed E-state index contributed by atoms with van der Waals surface area (Å²) in [5.41, 5.74) is -0.0655. The minimum atomic E-state index is -4.74. The molecule has 0 bridgehead atoms. The Morgan fingerprint density at radius 2 is 1.69 bits per heavy atom. The lowest BCUT2D eigenvalue weighted by atomic mass is 9.83. The molecule has 2 amide bonds. The van der Waals surface area contributed by atoms with Gasteiger partial charge in [0.15, 0.2) is 5.82 Å². The smallest absolute Gasteiger partial charge is 0.420 e. The highest BCUT2D eigenvalue weighted by Crippen LogP contribution is 2.39. The SMILES string of the molecule is CCC1(C(=O)Nc2ccc(O)c(C(F)(F)F)c2)CCN(CC(=O)N2CCN(c3ccc(-c4ncccn4)cc3)CC2)C1. The molecule has 222 valence electrons. The molecule has 1 unspecified atom stereocenters. The van der Waals surface area contributed by atoms with Crippen LogP contribution in [0.5, 0.6) is 5.75 Å².